The molecule has 1 fully saturated rings. The van der Waals surface area contributed by atoms with E-state index in [4.69, 9.17) is 27.9 Å². The Morgan fingerprint density at radius 3 is 2.80 bits per heavy atom. The summed E-state index contributed by atoms with van der Waals surface area (Å²) in [5.41, 5.74) is 0.960. The molecule has 0 aliphatic heterocycles. The quantitative estimate of drug-likeness (QED) is 0.741. The molecule has 7 nitrogen and oxygen atoms in total. The van der Waals surface area contributed by atoms with Gasteiger partial charge in [0.1, 0.15) is 6.61 Å². The highest BCUT2D eigenvalue weighted by Crippen LogP contribution is 2.29. The van der Waals surface area contributed by atoms with Crippen molar-refractivity contribution in [2.45, 2.75) is 38.5 Å². The molecule has 134 valence electrons. The molecule has 1 saturated carbocycles. The second-order valence-electron chi connectivity index (χ2n) is 6.08. The largest absolute Gasteiger partial charge is 0.458 e. The van der Waals surface area contributed by atoms with Gasteiger partial charge in [0.15, 0.2) is 11.7 Å². The van der Waals surface area contributed by atoms with E-state index in [-0.39, 0.29) is 18.4 Å². The number of aliphatic hydroxyl groups is 1. The number of aliphatic hydroxyl groups excluding tert-OH is 1. The Balaban J connectivity index is 1.65. The number of fused-ring (bicyclic) bond motifs is 1. The minimum absolute atomic E-state index is 0.0700. The number of halogens is 2. The summed E-state index contributed by atoms with van der Waals surface area (Å²) in [5.74, 6) is -1.03. The number of imidazole rings is 1. The number of carbonyl (C=O) groups excluding carboxylic acids is 2. The monoisotopic (exact) mass is 385 g/mol. The molecule has 0 aromatic carbocycles. The molecule has 2 aromatic heterocycles. The molecule has 0 saturated heterocycles. The lowest BCUT2D eigenvalue weighted by molar-refractivity contribution is -0.152. The number of nitrogens with zero attached hydrogens (tertiary/aromatic N) is 2. The maximum atomic E-state index is 12.2. The summed E-state index contributed by atoms with van der Waals surface area (Å²) in [6, 6.07) is 0.459. The maximum absolute atomic E-state index is 12.2. The van der Waals surface area contributed by atoms with Gasteiger partial charge in [-0.05, 0) is 25.8 Å². The second kappa shape index (κ2) is 7.19. The summed E-state index contributed by atoms with van der Waals surface area (Å²) in [5, 5.41) is 13.1. The molecular formula is C16H17Cl2N3O4. The van der Waals surface area contributed by atoms with Crippen molar-refractivity contribution in [3.63, 3.8) is 0 Å². The van der Waals surface area contributed by atoms with Crippen molar-refractivity contribution in [2.24, 2.45) is 5.92 Å². The number of pyridine rings is 1. The lowest BCUT2D eigenvalue weighted by atomic mass is 10.1. The first kappa shape index (κ1) is 18.0. The normalized spacial score (nSPS) is 16.5. The van der Waals surface area contributed by atoms with Crippen molar-refractivity contribution in [3.8, 4) is 0 Å². The standard InChI is InChI=1S/C16H17Cl2N3O4/c1-8(22)13(20-15(23)9-2-3-9)16(24)25-7-11-6-21-5-10(17)4-12(18)14(21)19-11/h4-6,8-9,13,22H,2-3,7H2,1H3,(H,20,23). The Morgan fingerprint density at radius 2 is 2.16 bits per heavy atom. The highest BCUT2D eigenvalue weighted by Gasteiger charge is 2.34. The minimum atomic E-state index is -1.11. The van der Waals surface area contributed by atoms with Gasteiger partial charge in [-0.2, -0.15) is 0 Å². The zero-order valence-electron chi connectivity index (χ0n) is 13.4. The van der Waals surface area contributed by atoms with Crippen LogP contribution in [-0.4, -0.2) is 38.5 Å². The van der Waals surface area contributed by atoms with E-state index in [1.807, 2.05) is 0 Å². The third-order valence-corrected chi connectivity index (χ3v) is 4.35. The zero-order valence-corrected chi connectivity index (χ0v) is 14.9. The third kappa shape index (κ3) is 4.23. The van der Waals surface area contributed by atoms with Crippen molar-refractivity contribution in [1.82, 2.24) is 14.7 Å². The number of esters is 1. The van der Waals surface area contributed by atoms with Gasteiger partial charge in [-0.25, -0.2) is 9.78 Å². The van der Waals surface area contributed by atoms with E-state index in [2.05, 4.69) is 10.3 Å². The van der Waals surface area contributed by atoms with Gasteiger partial charge in [-0.15, -0.1) is 0 Å². The Kier molecular flexibility index (Phi) is 5.17. The number of nitrogens with one attached hydrogen (secondary N) is 1. The number of amides is 1. The molecule has 0 spiro atoms. The first-order valence-electron chi connectivity index (χ1n) is 7.83. The fourth-order valence-electron chi connectivity index (χ4n) is 2.37. The van der Waals surface area contributed by atoms with E-state index in [1.165, 1.54) is 6.92 Å². The molecule has 2 unspecified atom stereocenters. The van der Waals surface area contributed by atoms with Crippen LogP contribution in [-0.2, 0) is 20.9 Å². The van der Waals surface area contributed by atoms with Gasteiger partial charge in [0.25, 0.3) is 0 Å². The predicted molar refractivity (Wildman–Crippen MR) is 91.3 cm³/mol. The van der Waals surface area contributed by atoms with Crippen molar-refractivity contribution in [2.75, 3.05) is 0 Å². The van der Waals surface area contributed by atoms with Crippen molar-refractivity contribution in [1.29, 1.82) is 0 Å². The van der Waals surface area contributed by atoms with Crippen LogP contribution in [0.2, 0.25) is 10.0 Å². The Bertz CT molecular complexity index is 817. The summed E-state index contributed by atoms with van der Waals surface area (Å²) in [6.07, 6.45) is 3.82. The summed E-state index contributed by atoms with van der Waals surface area (Å²) in [4.78, 5) is 28.3. The van der Waals surface area contributed by atoms with E-state index >= 15 is 0 Å². The Hall–Kier alpha value is -1.83. The summed E-state index contributed by atoms with van der Waals surface area (Å²) in [7, 11) is 0. The lowest BCUT2D eigenvalue weighted by Crippen LogP contribution is -2.49. The molecule has 0 radical (unpaired) electrons. The molecule has 9 heteroatoms. The number of hydrogen-bond acceptors (Lipinski definition) is 5. The highest BCUT2D eigenvalue weighted by molar-refractivity contribution is 6.36. The molecule has 2 aromatic rings. The van der Waals surface area contributed by atoms with E-state index in [0.717, 1.165) is 12.8 Å². The van der Waals surface area contributed by atoms with Crippen molar-refractivity contribution >= 4 is 40.7 Å². The molecule has 2 atom stereocenters. The van der Waals surface area contributed by atoms with Gasteiger partial charge in [0, 0.05) is 18.3 Å². The van der Waals surface area contributed by atoms with E-state index in [9.17, 15) is 14.7 Å². The van der Waals surface area contributed by atoms with E-state index in [0.29, 0.717) is 21.4 Å². The van der Waals surface area contributed by atoms with E-state index in [1.54, 1.807) is 22.9 Å². The van der Waals surface area contributed by atoms with Gasteiger partial charge in [0.2, 0.25) is 5.91 Å². The molecule has 2 N–H and O–H groups in total. The highest BCUT2D eigenvalue weighted by atomic mass is 35.5. The summed E-state index contributed by atoms with van der Waals surface area (Å²) < 4.78 is 6.82. The van der Waals surface area contributed by atoms with Crippen molar-refractivity contribution in [3.05, 3.63) is 34.2 Å². The Labute approximate surface area is 153 Å². The van der Waals surface area contributed by atoms with Crippen LogP contribution in [0.5, 0.6) is 0 Å². The van der Waals surface area contributed by atoms with Gasteiger partial charge < -0.3 is 19.6 Å². The Morgan fingerprint density at radius 1 is 1.44 bits per heavy atom. The SMILES string of the molecule is CC(O)C(NC(=O)C1CC1)C(=O)OCc1cn2cc(Cl)cc(Cl)c2n1. The first-order chi connectivity index (χ1) is 11.8. The lowest BCUT2D eigenvalue weighted by Gasteiger charge is -2.19. The van der Waals surface area contributed by atoms with Crippen LogP contribution >= 0.6 is 23.2 Å². The zero-order chi connectivity index (χ0) is 18.1. The molecule has 1 amide bonds. The van der Waals surface area contributed by atoms with Gasteiger partial charge in [-0.3, -0.25) is 4.79 Å². The van der Waals surface area contributed by atoms with Crippen LogP contribution in [0.3, 0.4) is 0 Å². The minimum Gasteiger partial charge on any atom is -0.458 e. The fourth-order valence-corrected chi connectivity index (χ4v) is 2.90. The number of carbonyl (C=O) groups is 2. The van der Waals surface area contributed by atoms with E-state index < -0.39 is 18.1 Å². The van der Waals surface area contributed by atoms with Crippen LogP contribution in [0, 0.1) is 5.92 Å². The molecule has 1 aliphatic rings. The number of ether oxygens (including phenoxy) is 1. The van der Waals surface area contributed by atoms with Crippen LogP contribution in [0.15, 0.2) is 18.5 Å². The van der Waals surface area contributed by atoms with Gasteiger partial charge in [-0.1, -0.05) is 23.2 Å². The first-order valence-corrected chi connectivity index (χ1v) is 8.58. The molecule has 25 heavy (non-hydrogen) atoms. The van der Waals surface area contributed by atoms with Crippen LogP contribution < -0.4 is 5.32 Å². The smallest absolute Gasteiger partial charge is 0.331 e. The van der Waals surface area contributed by atoms with Gasteiger partial charge in [0.05, 0.1) is 21.8 Å². The number of aromatic nitrogens is 2. The van der Waals surface area contributed by atoms with Crippen molar-refractivity contribution < 1.29 is 19.4 Å². The maximum Gasteiger partial charge on any atom is 0.331 e. The molecular weight excluding hydrogens is 369 g/mol. The average Bonchev–Trinajstić information content (AvgIpc) is 3.30. The number of rotatable bonds is 6. The predicted octanol–water partition coefficient (Wildman–Crippen LogP) is 1.96. The summed E-state index contributed by atoms with van der Waals surface area (Å²) >= 11 is 12.0. The summed E-state index contributed by atoms with van der Waals surface area (Å²) in [6.45, 7) is 1.31. The third-order valence-electron chi connectivity index (χ3n) is 3.87. The van der Waals surface area contributed by atoms with Crippen LogP contribution in [0.4, 0.5) is 0 Å². The van der Waals surface area contributed by atoms with Crippen LogP contribution in [0.1, 0.15) is 25.5 Å². The number of hydrogen-bond donors (Lipinski definition) is 2. The second-order valence-corrected chi connectivity index (χ2v) is 6.92. The van der Waals surface area contributed by atoms with Crippen LogP contribution in [0.25, 0.3) is 5.65 Å². The van der Waals surface area contributed by atoms with Gasteiger partial charge >= 0.3 is 5.97 Å². The molecule has 0 bridgehead atoms. The molecule has 1 aliphatic carbocycles. The molecule has 3 rings (SSSR count). The average molecular weight is 386 g/mol. The molecule has 2 heterocycles. The fraction of sp³-hybridized carbons (Fsp3) is 0.438. The topological polar surface area (TPSA) is 92.9 Å².